The van der Waals surface area contributed by atoms with E-state index in [1.807, 2.05) is 0 Å². The minimum absolute atomic E-state index is 0.622. The first-order chi connectivity index (χ1) is 17.7. The van der Waals surface area contributed by atoms with Crippen LogP contribution in [-0.2, 0) is 0 Å². The van der Waals surface area contributed by atoms with Crippen LogP contribution in [0.15, 0.2) is 12.4 Å². The molecular formula is C34H67N2+. The second-order valence-electron chi connectivity index (χ2n) is 11.9. The van der Waals surface area contributed by atoms with E-state index in [0.717, 1.165) is 0 Å². The molecular weight excluding hydrogens is 436 g/mol. The van der Waals surface area contributed by atoms with Gasteiger partial charge in [-0.05, 0) is 32.6 Å². The summed E-state index contributed by atoms with van der Waals surface area (Å²) in [6.45, 7) is 9.39. The predicted octanol–water partition coefficient (Wildman–Crippen LogP) is 11.8. The molecule has 0 saturated heterocycles. The Morgan fingerprint density at radius 3 is 1.31 bits per heavy atom. The molecule has 1 aromatic rings. The average molecular weight is 504 g/mol. The molecule has 0 aliphatic rings. The van der Waals surface area contributed by atoms with Gasteiger partial charge in [-0.2, -0.15) is 0 Å². The van der Waals surface area contributed by atoms with Crippen molar-refractivity contribution in [2.45, 2.75) is 200 Å². The van der Waals surface area contributed by atoms with E-state index in [4.69, 9.17) is 0 Å². The molecule has 0 radical (unpaired) electrons. The first-order valence-corrected chi connectivity index (χ1v) is 16.8. The third kappa shape index (κ3) is 16.9. The van der Waals surface area contributed by atoms with Gasteiger partial charge in [-0.1, -0.05) is 156 Å². The van der Waals surface area contributed by atoms with Gasteiger partial charge in [0.2, 0.25) is 0 Å². The second kappa shape index (κ2) is 24.5. The number of unbranched alkanes of at least 4 members (excludes halogenated alkanes) is 19. The van der Waals surface area contributed by atoms with Crippen LogP contribution in [0.1, 0.15) is 206 Å². The molecule has 212 valence electrons. The first-order valence-electron chi connectivity index (χ1n) is 16.8. The summed E-state index contributed by atoms with van der Waals surface area (Å²) in [5.41, 5.74) is 0. The molecule has 0 spiro atoms. The third-order valence-electron chi connectivity index (χ3n) is 8.39. The zero-order chi connectivity index (χ0) is 26.1. The molecule has 2 nitrogen and oxygen atoms in total. The minimum Gasteiger partial charge on any atom is -0.247 e. The Kier molecular flexibility index (Phi) is 22.7. The van der Waals surface area contributed by atoms with E-state index in [0.29, 0.717) is 12.0 Å². The van der Waals surface area contributed by atoms with E-state index < -0.39 is 0 Å². The van der Waals surface area contributed by atoms with E-state index >= 15 is 0 Å². The van der Waals surface area contributed by atoms with Gasteiger partial charge in [0, 0.05) is 0 Å². The van der Waals surface area contributed by atoms with Crippen molar-refractivity contribution in [2.75, 3.05) is 0 Å². The second-order valence-corrected chi connectivity index (χ2v) is 11.9. The molecule has 0 saturated carbocycles. The fourth-order valence-electron chi connectivity index (χ4n) is 5.90. The summed E-state index contributed by atoms with van der Waals surface area (Å²) in [5, 5.41) is 0. The largest absolute Gasteiger partial charge is 0.257 e. The van der Waals surface area contributed by atoms with Crippen molar-refractivity contribution < 1.29 is 4.57 Å². The van der Waals surface area contributed by atoms with Crippen LogP contribution in [0.25, 0.3) is 0 Å². The van der Waals surface area contributed by atoms with Gasteiger partial charge >= 0.3 is 0 Å². The fraction of sp³-hybridized carbons (Fsp3) is 0.912. The number of nitrogens with one attached hydrogen (secondary N) is 1. The Labute approximate surface area is 227 Å². The zero-order valence-electron chi connectivity index (χ0n) is 25.4. The number of imidazole rings is 1. The Morgan fingerprint density at radius 1 is 0.528 bits per heavy atom. The van der Waals surface area contributed by atoms with E-state index in [9.17, 15) is 0 Å². The van der Waals surface area contributed by atoms with Crippen LogP contribution < -0.4 is 4.57 Å². The van der Waals surface area contributed by atoms with Gasteiger partial charge in [-0.25, -0.2) is 9.55 Å². The minimum atomic E-state index is 0.622. The Hall–Kier alpha value is -0.790. The van der Waals surface area contributed by atoms with Gasteiger partial charge < -0.3 is 0 Å². The monoisotopic (exact) mass is 504 g/mol. The normalized spacial score (nSPS) is 13.3. The lowest BCUT2D eigenvalue weighted by Crippen LogP contribution is -2.41. The Balaban J connectivity index is 2.45. The number of hydrogen-bond donors (Lipinski definition) is 1. The van der Waals surface area contributed by atoms with E-state index in [-0.39, 0.29) is 0 Å². The smallest absolute Gasteiger partial charge is 0.247 e. The van der Waals surface area contributed by atoms with E-state index in [1.165, 1.54) is 166 Å². The van der Waals surface area contributed by atoms with Crippen LogP contribution in [0.5, 0.6) is 0 Å². The van der Waals surface area contributed by atoms with Crippen LogP contribution in [-0.4, -0.2) is 4.98 Å². The number of rotatable bonds is 27. The lowest BCUT2D eigenvalue weighted by Gasteiger charge is -2.17. The maximum atomic E-state index is 3.71. The van der Waals surface area contributed by atoms with Gasteiger partial charge in [-0.15, -0.1) is 0 Å². The summed E-state index contributed by atoms with van der Waals surface area (Å²) in [6.07, 6.45) is 39.8. The Morgan fingerprint density at radius 2 is 0.889 bits per heavy atom. The highest BCUT2D eigenvalue weighted by Crippen LogP contribution is 2.27. The fourth-order valence-corrected chi connectivity index (χ4v) is 5.90. The third-order valence-corrected chi connectivity index (χ3v) is 8.39. The summed E-state index contributed by atoms with van der Waals surface area (Å²) in [6, 6.07) is 0.622. The van der Waals surface area contributed by atoms with Crippen molar-refractivity contribution in [3.63, 3.8) is 0 Å². The number of aromatic amines is 1. The average Bonchev–Trinajstić information content (AvgIpc) is 3.38. The summed E-state index contributed by atoms with van der Waals surface area (Å²) in [4.78, 5) is 3.71. The highest BCUT2D eigenvalue weighted by molar-refractivity contribution is 4.90. The van der Waals surface area contributed by atoms with Crippen LogP contribution in [0.3, 0.4) is 0 Å². The van der Waals surface area contributed by atoms with Crippen LogP contribution >= 0.6 is 0 Å². The number of aromatic nitrogens is 2. The summed E-state index contributed by atoms with van der Waals surface area (Å²) < 4.78 is 2.62. The topological polar surface area (TPSA) is 19.7 Å². The quantitative estimate of drug-likeness (QED) is 0.0909. The van der Waals surface area contributed by atoms with Crippen molar-refractivity contribution in [1.29, 1.82) is 0 Å². The highest BCUT2D eigenvalue weighted by Gasteiger charge is 2.25. The SMILES string of the molecule is CCCCCCCCCCCCC(CCCCCCC)c1[nH]cc[n+]1C(C)CCCCCCCCC. The molecule has 1 heterocycles. The van der Waals surface area contributed by atoms with Crippen LogP contribution in [0.2, 0.25) is 0 Å². The molecule has 1 rings (SSSR count). The summed E-state index contributed by atoms with van der Waals surface area (Å²) in [5.74, 6) is 2.24. The maximum Gasteiger partial charge on any atom is 0.257 e. The van der Waals surface area contributed by atoms with Crippen molar-refractivity contribution >= 4 is 0 Å². The molecule has 0 fully saturated rings. The van der Waals surface area contributed by atoms with E-state index in [2.05, 4.69) is 49.6 Å². The van der Waals surface area contributed by atoms with Gasteiger partial charge in [-0.3, -0.25) is 0 Å². The van der Waals surface area contributed by atoms with Gasteiger partial charge in [0.25, 0.3) is 5.82 Å². The zero-order valence-corrected chi connectivity index (χ0v) is 25.4. The molecule has 2 atom stereocenters. The molecule has 2 heteroatoms. The summed E-state index contributed by atoms with van der Waals surface area (Å²) in [7, 11) is 0. The molecule has 1 N–H and O–H groups in total. The van der Waals surface area contributed by atoms with Crippen molar-refractivity contribution in [3.05, 3.63) is 18.2 Å². The van der Waals surface area contributed by atoms with Crippen molar-refractivity contribution in [3.8, 4) is 0 Å². The predicted molar refractivity (Wildman–Crippen MR) is 161 cm³/mol. The van der Waals surface area contributed by atoms with Gasteiger partial charge in [0.1, 0.15) is 12.4 Å². The molecule has 0 aliphatic carbocycles. The number of nitrogens with zero attached hydrogens (tertiary/aromatic N) is 1. The lowest BCUT2D eigenvalue weighted by molar-refractivity contribution is -0.727. The van der Waals surface area contributed by atoms with Crippen molar-refractivity contribution in [1.82, 2.24) is 4.98 Å². The molecule has 0 aliphatic heterocycles. The summed E-state index contributed by atoms with van der Waals surface area (Å²) >= 11 is 0. The molecule has 1 aromatic heterocycles. The standard InChI is InChI=1S/C34H66N2/c1-5-8-11-14-16-17-18-20-23-26-29-33(28-25-21-13-10-7-3)34-35-30-31-36(34)32(4)27-24-22-19-15-12-9-6-2/h30-33H,5-29H2,1-4H3/p+1. The number of hydrogen-bond acceptors (Lipinski definition) is 0. The van der Waals surface area contributed by atoms with Crippen LogP contribution in [0, 0.1) is 0 Å². The molecule has 2 unspecified atom stereocenters. The van der Waals surface area contributed by atoms with Gasteiger partial charge in [0.05, 0.1) is 12.0 Å². The lowest BCUT2D eigenvalue weighted by atomic mass is 9.93. The molecule has 0 aromatic carbocycles. The first kappa shape index (κ1) is 33.2. The molecule has 0 amide bonds. The van der Waals surface area contributed by atoms with Crippen molar-refractivity contribution in [2.24, 2.45) is 0 Å². The highest BCUT2D eigenvalue weighted by atomic mass is 15.1. The van der Waals surface area contributed by atoms with Crippen LogP contribution in [0.4, 0.5) is 0 Å². The molecule has 0 bridgehead atoms. The van der Waals surface area contributed by atoms with E-state index in [1.54, 1.807) is 0 Å². The molecule has 36 heavy (non-hydrogen) atoms. The maximum absolute atomic E-state index is 3.71. The van der Waals surface area contributed by atoms with Gasteiger partial charge in [0.15, 0.2) is 0 Å². The Bertz CT molecular complexity index is 563. The number of H-pyrrole nitrogens is 1.